The van der Waals surface area contributed by atoms with E-state index in [2.05, 4.69) is 9.97 Å². The second-order valence-electron chi connectivity index (χ2n) is 6.97. The Labute approximate surface area is 181 Å². The molecule has 0 saturated heterocycles. The summed E-state index contributed by atoms with van der Waals surface area (Å²) in [5.74, 6) is -3.41. The summed E-state index contributed by atoms with van der Waals surface area (Å²) >= 11 is 6.02. The van der Waals surface area contributed by atoms with Crippen LogP contribution in [0.4, 0.5) is 14.5 Å². The lowest BCUT2D eigenvalue weighted by atomic mass is 10.00. The van der Waals surface area contributed by atoms with Gasteiger partial charge in [-0.15, -0.1) is 0 Å². The molecule has 0 amide bonds. The summed E-state index contributed by atoms with van der Waals surface area (Å²) in [5.41, 5.74) is 0.0918. The lowest BCUT2D eigenvalue weighted by Gasteiger charge is -2.12. The number of aromatic amines is 1. The topological polar surface area (TPSA) is 91.9 Å². The Hall–Kier alpha value is -3.04. The van der Waals surface area contributed by atoms with Crippen LogP contribution in [0.3, 0.4) is 0 Å². The highest BCUT2D eigenvalue weighted by atomic mass is 35.5. The van der Waals surface area contributed by atoms with E-state index < -0.39 is 38.7 Å². The average molecular weight is 464 g/mol. The summed E-state index contributed by atoms with van der Waals surface area (Å²) in [4.78, 5) is 20.3. The number of benzene rings is 2. The molecule has 0 aliphatic carbocycles. The molecule has 0 aliphatic rings. The zero-order valence-electron chi connectivity index (χ0n) is 16.2. The first-order valence-corrected chi connectivity index (χ1v) is 11.3. The molecule has 0 spiro atoms. The highest BCUT2D eigenvalue weighted by Gasteiger charge is 2.23. The number of halogens is 3. The minimum absolute atomic E-state index is 0.140. The number of hydrogen-bond acceptors (Lipinski definition) is 4. The van der Waals surface area contributed by atoms with E-state index in [4.69, 9.17) is 11.6 Å². The smallest absolute Gasteiger partial charge is 0.232 e. The maximum atomic E-state index is 15.0. The zero-order valence-corrected chi connectivity index (χ0v) is 17.7. The number of nitrogens with zero attached hydrogens (tertiary/aromatic N) is 1. The Morgan fingerprint density at radius 3 is 2.68 bits per heavy atom. The Morgan fingerprint density at radius 1 is 1.16 bits per heavy atom. The van der Waals surface area contributed by atoms with Crippen LogP contribution in [-0.2, 0) is 10.0 Å². The van der Waals surface area contributed by atoms with Crippen LogP contribution in [0, 0.1) is 11.6 Å². The van der Waals surface area contributed by atoms with Crippen LogP contribution in [-0.4, -0.2) is 29.9 Å². The van der Waals surface area contributed by atoms with E-state index in [-0.39, 0.29) is 17.7 Å². The van der Waals surface area contributed by atoms with Gasteiger partial charge in [0, 0.05) is 28.0 Å². The number of pyridine rings is 1. The van der Waals surface area contributed by atoms with Gasteiger partial charge >= 0.3 is 0 Å². The van der Waals surface area contributed by atoms with Gasteiger partial charge in [0.1, 0.15) is 17.2 Å². The van der Waals surface area contributed by atoms with Crippen molar-refractivity contribution in [3.05, 3.63) is 70.4 Å². The van der Waals surface area contributed by atoms with Crippen molar-refractivity contribution < 1.29 is 22.0 Å². The van der Waals surface area contributed by atoms with E-state index in [0.717, 1.165) is 12.1 Å². The molecule has 0 unspecified atom stereocenters. The number of carbonyl (C=O) groups excluding carboxylic acids is 1. The van der Waals surface area contributed by atoms with Crippen molar-refractivity contribution in [1.29, 1.82) is 0 Å². The molecule has 31 heavy (non-hydrogen) atoms. The SMILES string of the molecule is CCCS(=O)(=O)Nc1c(F)ccc(C(=O)c2ccc3[nH]c4ncc(Cl)cc4c3c2)c1F. The van der Waals surface area contributed by atoms with Gasteiger partial charge in [-0.1, -0.05) is 18.5 Å². The Morgan fingerprint density at radius 2 is 1.94 bits per heavy atom. The zero-order chi connectivity index (χ0) is 22.3. The normalized spacial score (nSPS) is 11.9. The van der Waals surface area contributed by atoms with Crippen molar-refractivity contribution >= 4 is 55.0 Å². The molecule has 10 heteroatoms. The first-order valence-electron chi connectivity index (χ1n) is 9.30. The molecule has 4 rings (SSSR count). The Kier molecular flexibility index (Phi) is 5.40. The fourth-order valence-corrected chi connectivity index (χ4v) is 4.64. The minimum atomic E-state index is -3.95. The van der Waals surface area contributed by atoms with Crippen molar-refractivity contribution in [3.8, 4) is 0 Å². The van der Waals surface area contributed by atoms with Crippen molar-refractivity contribution in [2.45, 2.75) is 13.3 Å². The molecular formula is C21H16ClF2N3O3S. The van der Waals surface area contributed by atoms with Crippen molar-refractivity contribution in [1.82, 2.24) is 9.97 Å². The third-order valence-corrected chi connectivity index (χ3v) is 6.41. The molecule has 2 N–H and O–H groups in total. The first-order chi connectivity index (χ1) is 14.7. The predicted molar refractivity (Wildman–Crippen MR) is 116 cm³/mol. The number of rotatable bonds is 6. The highest BCUT2D eigenvalue weighted by molar-refractivity contribution is 7.92. The van der Waals surface area contributed by atoms with Gasteiger partial charge in [-0.05, 0) is 42.8 Å². The second-order valence-corrected chi connectivity index (χ2v) is 9.25. The molecule has 6 nitrogen and oxygen atoms in total. The van der Waals surface area contributed by atoms with Crippen LogP contribution >= 0.6 is 11.6 Å². The quantitative estimate of drug-likeness (QED) is 0.392. The van der Waals surface area contributed by atoms with Crippen LogP contribution in [0.2, 0.25) is 5.02 Å². The van der Waals surface area contributed by atoms with Crippen LogP contribution in [0.1, 0.15) is 29.3 Å². The lowest BCUT2D eigenvalue weighted by molar-refractivity contribution is 0.103. The Bertz CT molecular complexity index is 1450. The number of aromatic nitrogens is 2. The fraction of sp³-hybridized carbons (Fsp3) is 0.143. The molecule has 0 saturated carbocycles. The first kappa shape index (κ1) is 21.2. The molecular weight excluding hydrogens is 448 g/mol. The number of carbonyl (C=O) groups is 1. The number of anilines is 1. The third-order valence-electron chi connectivity index (χ3n) is 4.75. The summed E-state index contributed by atoms with van der Waals surface area (Å²) in [7, 11) is -3.95. The van der Waals surface area contributed by atoms with E-state index in [0.29, 0.717) is 27.0 Å². The summed E-state index contributed by atoms with van der Waals surface area (Å²) in [6.45, 7) is 1.62. The number of hydrogen-bond donors (Lipinski definition) is 2. The van der Waals surface area contributed by atoms with Gasteiger partial charge in [0.2, 0.25) is 10.0 Å². The molecule has 0 fully saturated rings. The van der Waals surface area contributed by atoms with Gasteiger partial charge < -0.3 is 4.98 Å². The summed E-state index contributed by atoms with van der Waals surface area (Å²) in [6.07, 6.45) is 1.75. The lowest BCUT2D eigenvalue weighted by Crippen LogP contribution is -2.19. The summed E-state index contributed by atoms with van der Waals surface area (Å²) < 4.78 is 55.0. The fourth-order valence-electron chi connectivity index (χ4n) is 3.34. The van der Waals surface area contributed by atoms with E-state index in [1.54, 1.807) is 25.1 Å². The van der Waals surface area contributed by atoms with Crippen LogP contribution in [0.5, 0.6) is 0 Å². The van der Waals surface area contributed by atoms with Crippen molar-refractivity contribution in [3.63, 3.8) is 0 Å². The molecule has 0 bridgehead atoms. The molecule has 160 valence electrons. The van der Waals surface area contributed by atoms with Gasteiger partial charge in [-0.25, -0.2) is 22.2 Å². The van der Waals surface area contributed by atoms with Gasteiger partial charge in [-0.3, -0.25) is 9.52 Å². The van der Waals surface area contributed by atoms with Crippen LogP contribution < -0.4 is 4.72 Å². The van der Waals surface area contributed by atoms with Crippen LogP contribution in [0.15, 0.2) is 42.6 Å². The monoisotopic (exact) mass is 463 g/mol. The number of H-pyrrole nitrogens is 1. The molecule has 2 aromatic carbocycles. The average Bonchev–Trinajstić information content (AvgIpc) is 3.08. The number of ketones is 1. The number of sulfonamides is 1. The van der Waals surface area contributed by atoms with Gasteiger partial charge in [-0.2, -0.15) is 0 Å². The van der Waals surface area contributed by atoms with E-state index >= 15 is 0 Å². The van der Waals surface area contributed by atoms with Crippen LogP contribution in [0.25, 0.3) is 21.9 Å². The molecule has 0 atom stereocenters. The second kappa shape index (κ2) is 7.90. The van der Waals surface area contributed by atoms with E-state index in [1.165, 1.54) is 12.3 Å². The van der Waals surface area contributed by atoms with E-state index in [1.807, 2.05) is 4.72 Å². The molecule has 2 aromatic heterocycles. The molecule has 4 aromatic rings. The highest BCUT2D eigenvalue weighted by Crippen LogP contribution is 2.29. The molecule has 2 heterocycles. The molecule has 0 aliphatic heterocycles. The number of fused-ring (bicyclic) bond motifs is 3. The van der Waals surface area contributed by atoms with Crippen molar-refractivity contribution in [2.75, 3.05) is 10.5 Å². The van der Waals surface area contributed by atoms with Crippen molar-refractivity contribution in [2.24, 2.45) is 0 Å². The maximum Gasteiger partial charge on any atom is 0.232 e. The number of nitrogens with one attached hydrogen (secondary N) is 2. The molecule has 0 radical (unpaired) electrons. The minimum Gasteiger partial charge on any atom is -0.339 e. The largest absolute Gasteiger partial charge is 0.339 e. The Balaban J connectivity index is 1.79. The van der Waals surface area contributed by atoms with Gasteiger partial charge in [0.05, 0.1) is 16.3 Å². The van der Waals surface area contributed by atoms with Gasteiger partial charge in [0.25, 0.3) is 0 Å². The predicted octanol–water partition coefficient (Wildman–Crippen LogP) is 5.03. The summed E-state index contributed by atoms with van der Waals surface area (Å²) in [5, 5.41) is 1.76. The standard InChI is InChI=1S/C21H16ClF2N3O3S/c1-2-7-31(29,30)27-19-16(23)5-4-13(18(19)24)20(28)11-3-6-17-14(8-11)15-9-12(22)10-25-21(15)26-17/h3-6,8-10,27H,2,7H2,1H3,(H,25,26). The van der Waals surface area contributed by atoms with Gasteiger partial charge in [0.15, 0.2) is 11.6 Å². The van der Waals surface area contributed by atoms with E-state index in [9.17, 15) is 22.0 Å². The maximum absolute atomic E-state index is 15.0. The summed E-state index contributed by atoms with van der Waals surface area (Å²) in [6, 6.07) is 8.22. The third kappa shape index (κ3) is 3.98.